The molecule has 5 heteroatoms. The van der Waals surface area contributed by atoms with E-state index in [-0.39, 0.29) is 0 Å². The van der Waals surface area contributed by atoms with Gasteiger partial charge in [-0.15, -0.1) is 0 Å². The van der Waals surface area contributed by atoms with Crippen LogP contribution in [0, 0.1) is 3.83 Å². The molecule has 0 unspecified atom stereocenters. The summed E-state index contributed by atoms with van der Waals surface area (Å²) in [4.78, 5) is 14.0. The van der Waals surface area contributed by atoms with E-state index in [1.807, 2.05) is 60.7 Å². The molecule has 0 saturated carbocycles. The van der Waals surface area contributed by atoms with Crippen LogP contribution in [0.3, 0.4) is 0 Å². The lowest BCUT2D eigenvalue weighted by Crippen LogP contribution is -1.99. The summed E-state index contributed by atoms with van der Waals surface area (Å²) in [5.41, 5.74) is 5.85. The second-order valence-corrected chi connectivity index (χ2v) is 8.47. The highest BCUT2D eigenvalue weighted by Crippen LogP contribution is 2.32. The van der Waals surface area contributed by atoms with Crippen LogP contribution in [0.4, 0.5) is 0 Å². The van der Waals surface area contributed by atoms with Gasteiger partial charge in [0, 0.05) is 44.5 Å². The number of para-hydroxylation sites is 1. The van der Waals surface area contributed by atoms with Crippen LogP contribution in [0.2, 0.25) is 0 Å². The molecule has 0 spiro atoms. The van der Waals surface area contributed by atoms with Crippen molar-refractivity contribution in [2.45, 2.75) is 0 Å². The Morgan fingerprint density at radius 2 is 1.16 bits per heavy atom. The predicted molar refractivity (Wildman–Crippen MR) is 136 cm³/mol. The summed E-state index contributed by atoms with van der Waals surface area (Å²) < 4.78 is 6.70. The quantitative estimate of drug-likeness (QED) is 0.226. The van der Waals surface area contributed by atoms with Gasteiger partial charge in [-0.25, -0.2) is 15.0 Å². The van der Waals surface area contributed by atoms with Crippen LogP contribution < -0.4 is 0 Å². The first-order valence-electron chi connectivity index (χ1n) is 10.2. The largest absolute Gasteiger partial charge is 0.456 e. The molecule has 0 bridgehead atoms. The van der Waals surface area contributed by atoms with Crippen molar-refractivity contribution in [2.24, 2.45) is 0 Å². The number of aromatic nitrogens is 3. The van der Waals surface area contributed by atoms with E-state index in [4.69, 9.17) is 9.40 Å². The third-order valence-electron chi connectivity index (χ3n) is 5.47. The first-order valence-corrected chi connectivity index (χ1v) is 11.3. The molecule has 6 rings (SSSR count). The Labute approximate surface area is 198 Å². The smallest absolute Gasteiger partial charge is 0.194 e. The average molecular weight is 525 g/mol. The number of halogens is 1. The highest BCUT2D eigenvalue weighted by Gasteiger charge is 2.13. The van der Waals surface area contributed by atoms with E-state index < -0.39 is 0 Å². The number of hydrogen-bond donors (Lipinski definition) is 0. The Kier molecular flexibility index (Phi) is 4.69. The highest BCUT2D eigenvalue weighted by atomic mass is 127. The molecule has 0 N–H and O–H groups in total. The van der Waals surface area contributed by atoms with Crippen molar-refractivity contribution in [3.8, 4) is 33.9 Å². The lowest BCUT2D eigenvalue weighted by atomic mass is 10.0. The molecule has 0 amide bonds. The van der Waals surface area contributed by atoms with E-state index in [0.29, 0.717) is 15.5 Å². The zero-order valence-corrected chi connectivity index (χ0v) is 19.0. The Bertz CT molecular complexity index is 1590. The molecule has 0 saturated heterocycles. The molecule has 152 valence electrons. The number of fused-ring (bicyclic) bond motifs is 3. The monoisotopic (exact) mass is 525 g/mol. The normalized spacial score (nSPS) is 11.3. The Morgan fingerprint density at radius 3 is 2.00 bits per heavy atom. The van der Waals surface area contributed by atoms with E-state index >= 15 is 0 Å². The molecule has 2 heterocycles. The van der Waals surface area contributed by atoms with E-state index in [1.165, 1.54) is 0 Å². The van der Waals surface area contributed by atoms with Crippen molar-refractivity contribution < 1.29 is 4.42 Å². The number of benzene rings is 4. The molecule has 2 aromatic heterocycles. The van der Waals surface area contributed by atoms with Gasteiger partial charge in [-0.3, -0.25) is 0 Å². The minimum absolute atomic E-state index is 0.631. The van der Waals surface area contributed by atoms with Crippen LogP contribution in [0.25, 0.3) is 55.8 Å². The van der Waals surface area contributed by atoms with Crippen molar-refractivity contribution in [3.05, 3.63) is 101 Å². The predicted octanol–water partition coefficient (Wildman–Crippen LogP) is 7.38. The van der Waals surface area contributed by atoms with Crippen molar-refractivity contribution in [2.75, 3.05) is 0 Å². The maximum absolute atomic E-state index is 6.05. The molecule has 0 aliphatic heterocycles. The molecule has 0 atom stereocenters. The molecule has 0 aliphatic carbocycles. The molecule has 32 heavy (non-hydrogen) atoms. The zero-order chi connectivity index (χ0) is 21.5. The molecule has 6 aromatic rings. The SMILES string of the molecule is Ic1nc(-c2cccc(-c3ccccc3)c2)nc(-c2ccc3c(c2)oc2ccccc23)n1. The minimum atomic E-state index is 0.631. The van der Waals surface area contributed by atoms with Crippen molar-refractivity contribution in [3.63, 3.8) is 0 Å². The van der Waals surface area contributed by atoms with Gasteiger partial charge in [-0.05, 0) is 35.4 Å². The molecule has 4 nitrogen and oxygen atoms in total. The summed E-state index contributed by atoms with van der Waals surface area (Å²) in [5.74, 6) is 1.29. The molecule has 0 aliphatic rings. The van der Waals surface area contributed by atoms with Crippen LogP contribution in [-0.4, -0.2) is 15.0 Å². The van der Waals surface area contributed by atoms with Gasteiger partial charge in [0.1, 0.15) is 11.2 Å². The number of furan rings is 1. The number of rotatable bonds is 3. The number of nitrogens with zero attached hydrogens (tertiary/aromatic N) is 3. The van der Waals surface area contributed by atoms with Crippen molar-refractivity contribution in [1.29, 1.82) is 0 Å². The van der Waals surface area contributed by atoms with Crippen LogP contribution >= 0.6 is 22.6 Å². The van der Waals surface area contributed by atoms with Gasteiger partial charge in [-0.2, -0.15) is 0 Å². The fourth-order valence-electron chi connectivity index (χ4n) is 3.94. The van der Waals surface area contributed by atoms with E-state index in [0.717, 1.165) is 44.2 Å². The lowest BCUT2D eigenvalue weighted by molar-refractivity contribution is 0.669. The fourth-order valence-corrected chi connectivity index (χ4v) is 4.40. The standard InChI is InChI=1S/C27H16IN3O/c28-27-30-25(19-10-6-9-18(15-19)17-7-2-1-3-8-17)29-26(31-27)20-13-14-22-21-11-4-5-12-23(21)32-24(22)16-20/h1-16H. The van der Waals surface area contributed by atoms with Crippen molar-refractivity contribution in [1.82, 2.24) is 15.0 Å². The summed E-state index contributed by atoms with van der Waals surface area (Å²) in [5, 5.41) is 2.20. The first kappa shape index (κ1) is 19.1. The van der Waals surface area contributed by atoms with Gasteiger partial charge in [0.25, 0.3) is 0 Å². The van der Waals surface area contributed by atoms with E-state index in [1.54, 1.807) is 0 Å². The topological polar surface area (TPSA) is 51.8 Å². The summed E-state index contributed by atoms with van der Waals surface area (Å²) in [6, 6.07) is 32.8. The first-order chi connectivity index (χ1) is 15.7. The van der Waals surface area contributed by atoms with Gasteiger partial charge >= 0.3 is 0 Å². The Hall–Kier alpha value is -3.58. The third kappa shape index (κ3) is 3.44. The van der Waals surface area contributed by atoms with Crippen molar-refractivity contribution >= 4 is 44.5 Å². The summed E-state index contributed by atoms with van der Waals surface area (Å²) in [6.07, 6.45) is 0. The van der Waals surface area contributed by atoms with Gasteiger partial charge in [0.05, 0.1) is 0 Å². The minimum Gasteiger partial charge on any atom is -0.456 e. The molecule has 0 radical (unpaired) electrons. The molecular weight excluding hydrogens is 509 g/mol. The fraction of sp³-hybridized carbons (Fsp3) is 0. The van der Waals surface area contributed by atoms with Gasteiger partial charge in [-0.1, -0.05) is 72.8 Å². The van der Waals surface area contributed by atoms with Gasteiger partial charge in [0.15, 0.2) is 15.5 Å². The average Bonchev–Trinajstić information content (AvgIpc) is 3.22. The van der Waals surface area contributed by atoms with Crippen LogP contribution in [0.1, 0.15) is 0 Å². The van der Waals surface area contributed by atoms with Gasteiger partial charge in [0.2, 0.25) is 0 Å². The van der Waals surface area contributed by atoms with Gasteiger partial charge < -0.3 is 4.42 Å². The van der Waals surface area contributed by atoms with E-state index in [2.05, 4.69) is 69.0 Å². The molecule has 0 fully saturated rings. The van der Waals surface area contributed by atoms with Crippen LogP contribution in [0.5, 0.6) is 0 Å². The Balaban J connectivity index is 1.45. The number of hydrogen-bond acceptors (Lipinski definition) is 4. The summed E-state index contributed by atoms with van der Waals surface area (Å²) in [7, 11) is 0. The second-order valence-electron chi connectivity index (χ2n) is 7.51. The highest BCUT2D eigenvalue weighted by molar-refractivity contribution is 14.1. The lowest BCUT2D eigenvalue weighted by Gasteiger charge is -2.07. The van der Waals surface area contributed by atoms with Crippen LogP contribution in [-0.2, 0) is 0 Å². The zero-order valence-electron chi connectivity index (χ0n) is 16.9. The molecule has 4 aromatic carbocycles. The maximum Gasteiger partial charge on any atom is 0.194 e. The third-order valence-corrected chi connectivity index (χ3v) is 5.96. The van der Waals surface area contributed by atoms with E-state index in [9.17, 15) is 0 Å². The van der Waals surface area contributed by atoms with Crippen LogP contribution in [0.15, 0.2) is 101 Å². The molecular formula is C27H16IN3O. The maximum atomic E-state index is 6.05. The summed E-state index contributed by atoms with van der Waals surface area (Å²) >= 11 is 2.15. The second kappa shape index (κ2) is 7.84. The Morgan fingerprint density at radius 1 is 0.500 bits per heavy atom. The summed E-state index contributed by atoms with van der Waals surface area (Å²) in [6.45, 7) is 0.